The molecule has 75 heavy (non-hydrogen) atoms. The summed E-state index contributed by atoms with van der Waals surface area (Å²) in [6.07, 6.45) is 4.91. The Hall–Kier alpha value is -1.90. The number of ketones is 4. The first-order valence-corrected chi connectivity index (χ1v) is 26.6. The number of hydrogen-bond donors (Lipinski definition) is 5. The Morgan fingerprint density at radius 2 is 1.00 bits per heavy atom. The van der Waals surface area contributed by atoms with Gasteiger partial charge in [-0.3, -0.25) is 19.2 Å². The van der Waals surface area contributed by atoms with Crippen LogP contribution >= 0.6 is 0 Å². The Morgan fingerprint density at radius 1 is 0.587 bits per heavy atom. The molecule has 3 fully saturated rings. The van der Waals surface area contributed by atoms with Crippen molar-refractivity contribution < 1.29 is 129 Å². The lowest BCUT2D eigenvalue weighted by molar-refractivity contribution is -0.914. The molecule has 0 aromatic rings. The standard InChI is InChI=1S/C10H20NO2.C9H18NO3.C9H20NO3.C9H18NO2.2C8H18NO2.2BrH/c1-9(12)3-6-11(2)7-4-10(13)5-8-11;1-3-13-9(11)8-10(2)4-6-12-7-5-10;1-8(12)4-5-10(2,3)6-9(13)7-11;1-3-12-9(11)8-10(2)6-4-5-7-10;1-7(10)5-9(3,4)6-8(2)11;1-8(11)4-5-9(2,3)6-7-10;;/h10,13H,3-8H2,1-2H3;3-8H2,1-2H3;9,11,13H,4-7H2,1-3H3;3-8H2,1-2H3;7,10H,5-6H2,1-4H3;10H,4-7H2,1-3H3;2*1H/q6*+1;;/p-2. The minimum atomic E-state index is -0.693. The number of nitrogens with zero attached hydrogens (tertiary/aromatic N) is 6. The fourth-order valence-electron chi connectivity index (χ4n) is 8.47. The number of aliphatic hydroxyl groups excluding tert-OH is 5. The first-order chi connectivity index (χ1) is 33.5. The number of likely N-dealkylation sites (N-methyl/N-ethyl adjacent to an activating group) is 5. The number of morpholine rings is 1. The van der Waals surface area contributed by atoms with E-state index in [1.54, 1.807) is 34.6 Å². The molecule has 3 aliphatic heterocycles. The van der Waals surface area contributed by atoms with Gasteiger partial charge in [-0.25, -0.2) is 9.59 Å². The van der Waals surface area contributed by atoms with E-state index < -0.39 is 6.10 Å². The van der Waals surface area contributed by atoms with Crippen molar-refractivity contribution in [2.45, 2.75) is 112 Å². The summed E-state index contributed by atoms with van der Waals surface area (Å²) in [6, 6.07) is 0. The SMILES string of the molecule is CC(=O)CC[N+](C)(C)CC(O)CO.CC(=O)CC[N+](C)(C)CCO.CC(=O)CC[N+]1(C)CCC(O)CC1.CC(=O)C[N+](C)(C)CC(C)O.CCOC(=O)C[N+]1(C)CCCC1.CCOC(=O)C[N+]1(C)CCOCC1.[Br-].[Br-]. The van der Waals surface area contributed by atoms with Crippen LogP contribution in [0.2, 0.25) is 0 Å². The van der Waals surface area contributed by atoms with Crippen LogP contribution in [-0.2, 0) is 43.0 Å². The molecule has 0 amide bonds. The Labute approximate surface area is 475 Å². The zero-order valence-corrected chi connectivity index (χ0v) is 53.1. The van der Waals surface area contributed by atoms with E-state index >= 15 is 0 Å². The Balaban J connectivity index is -0.000000260. The first-order valence-electron chi connectivity index (χ1n) is 26.6. The number of carbonyl (C=O) groups excluding carboxylic acids is 6. The maximum absolute atomic E-state index is 11.2. The van der Waals surface area contributed by atoms with Crippen molar-refractivity contribution in [3.8, 4) is 0 Å². The van der Waals surface area contributed by atoms with E-state index in [-0.39, 0.29) is 94.5 Å². The van der Waals surface area contributed by atoms with E-state index in [4.69, 9.17) is 29.5 Å². The monoisotopic (exact) mass is 1210 g/mol. The fraction of sp³-hybridized carbons (Fsp3) is 0.887. The number of esters is 2. The number of rotatable bonds is 24. The molecule has 0 aromatic carbocycles. The average molecular weight is 1220 g/mol. The summed E-state index contributed by atoms with van der Waals surface area (Å²) in [7, 11) is 18.1. The predicted octanol–water partition coefficient (Wildman–Crippen LogP) is -5.15. The molecule has 2 atom stereocenters. The molecule has 0 saturated carbocycles. The summed E-state index contributed by atoms with van der Waals surface area (Å²) >= 11 is 0. The van der Waals surface area contributed by atoms with Crippen molar-refractivity contribution in [3.05, 3.63) is 0 Å². The normalized spacial score (nSPS) is 19.3. The molecule has 448 valence electrons. The lowest BCUT2D eigenvalue weighted by Gasteiger charge is -2.39. The Kier molecular flexibility index (Phi) is 46.9. The summed E-state index contributed by atoms with van der Waals surface area (Å²) in [5, 5.41) is 44.9. The van der Waals surface area contributed by atoms with Crippen LogP contribution in [-0.4, -0.2) is 307 Å². The average Bonchev–Trinajstić information content (AvgIpc) is 3.68. The number of carbonyl (C=O) groups is 6. The summed E-state index contributed by atoms with van der Waals surface area (Å²) < 4.78 is 19.5. The van der Waals surface area contributed by atoms with Gasteiger partial charge in [0, 0.05) is 32.6 Å². The first kappa shape index (κ1) is 81.9. The van der Waals surface area contributed by atoms with Crippen LogP contribution in [0, 0.1) is 0 Å². The van der Waals surface area contributed by atoms with Gasteiger partial charge in [-0.15, -0.1) is 0 Å². The third kappa shape index (κ3) is 50.1. The molecule has 0 spiro atoms. The van der Waals surface area contributed by atoms with Gasteiger partial charge in [0.05, 0.1) is 174 Å². The second-order valence-electron chi connectivity index (χ2n) is 23.4. The second kappa shape index (κ2) is 43.0. The number of Topliss-reactive ketones (excluding diaryl/α,β-unsaturated/α-hetero) is 4. The number of hydrogen-bond acceptors (Lipinski definition) is 14. The van der Waals surface area contributed by atoms with Gasteiger partial charge in [0.25, 0.3) is 0 Å². The van der Waals surface area contributed by atoms with Gasteiger partial charge < -0.3 is 101 Å². The number of piperidine rings is 1. The number of aliphatic hydroxyl groups is 5. The van der Waals surface area contributed by atoms with E-state index in [1.165, 1.54) is 12.8 Å². The van der Waals surface area contributed by atoms with Crippen LogP contribution in [0.25, 0.3) is 0 Å². The molecule has 0 radical (unpaired) electrons. The van der Waals surface area contributed by atoms with E-state index in [0.29, 0.717) is 87.3 Å². The van der Waals surface area contributed by atoms with E-state index in [2.05, 4.69) is 21.1 Å². The summed E-state index contributed by atoms with van der Waals surface area (Å²) in [4.78, 5) is 65.3. The molecule has 3 rings (SSSR count). The molecule has 20 nitrogen and oxygen atoms in total. The highest BCUT2D eigenvalue weighted by Crippen LogP contribution is 2.18. The van der Waals surface area contributed by atoms with Crippen LogP contribution in [0.1, 0.15) is 93.4 Å². The summed E-state index contributed by atoms with van der Waals surface area (Å²) in [5.41, 5.74) is 0. The molecule has 5 N–H and O–H groups in total. The van der Waals surface area contributed by atoms with Gasteiger partial charge in [-0.2, -0.15) is 0 Å². The lowest BCUT2D eigenvalue weighted by atomic mass is 10.1. The molecule has 0 aliphatic carbocycles. The molecular formula is C53H112Br2N6O14+4. The third-order valence-electron chi connectivity index (χ3n) is 13.0. The predicted molar refractivity (Wildman–Crippen MR) is 285 cm³/mol. The van der Waals surface area contributed by atoms with Crippen molar-refractivity contribution in [2.24, 2.45) is 0 Å². The molecule has 3 aliphatic rings. The van der Waals surface area contributed by atoms with E-state index in [1.807, 2.05) is 56.1 Å². The topological polar surface area (TPSA) is 231 Å². The Morgan fingerprint density at radius 3 is 1.36 bits per heavy atom. The molecule has 3 heterocycles. The Bertz CT molecular complexity index is 1550. The fourth-order valence-corrected chi connectivity index (χ4v) is 8.47. The highest BCUT2D eigenvalue weighted by molar-refractivity contribution is 5.77. The van der Waals surface area contributed by atoms with Gasteiger partial charge in [0.1, 0.15) is 68.8 Å². The van der Waals surface area contributed by atoms with Gasteiger partial charge >= 0.3 is 11.9 Å². The maximum atomic E-state index is 11.2. The van der Waals surface area contributed by atoms with Crippen molar-refractivity contribution in [1.82, 2.24) is 0 Å². The van der Waals surface area contributed by atoms with Crippen LogP contribution in [0.4, 0.5) is 0 Å². The van der Waals surface area contributed by atoms with E-state index in [0.717, 1.165) is 96.3 Å². The molecule has 22 heteroatoms. The van der Waals surface area contributed by atoms with Gasteiger partial charge in [-0.05, 0) is 41.5 Å². The van der Waals surface area contributed by atoms with Crippen molar-refractivity contribution in [3.63, 3.8) is 0 Å². The zero-order valence-electron chi connectivity index (χ0n) is 49.9. The highest BCUT2D eigenvalue weighted by Gasteiger charge is 2.31. The number of halogens is 2. The van der Waals surface area contributed by atoms with Crippen LogP contribution in [0.3, 0.4) is 0 Å². The van der Waals surface area contributed by atoms with Gasteiger partial charge in [-0.1, -0.05) is 0 Å². The largest absolute Gasteiger partial charge is 1.00 e. The van der Waals surface area contributed by atoms with Gasteiger partial charge in [0.15, 0.2) is 18.9 Å². The molecule has 0 bridgehead atoms. The molecule has 0 aromatic heterocycles. The smallest absolute Gasteiger partial charge is 0.361 e. The highest BCUT2D eigenvalue weighted by atomic mass is 79.9. The van der Waals surface area contributed by atoms with Crippen LogP contribution in [0.5, 0.6) is 0 Å². The van der Waals surface area contributed by atoms with Crippen molar-refractivity contribution >= 4 is 35.1 Å². The number of likely N-dealkylation sites (tertiary alicyclic amines) is 2. The quantitative estimate of drug-likeness (QED) is 0.0450. The molecular weight excluding hydrogens is 1100 g/mol. The molecule has 2 unspecified atom stereocenters. The van der Waals surface area contributed by atoms with E-state index in [9.17, 15) is 39.0 Å². The number of quaternary nitrogens is 6. The van der Waals surface area contributed by atoms with Crippen LogP contribution < -0.4 is 34.0 Å². The summed E-state index contributed by atoms with van der Waals surface area (Å²) in [5.74, 6) is 0.647. The minimum Gasteiger partial charge on any atom is -1.00 e. The second-order valence-corrected chi connectivity index (χ2v) is 23.4. The minimum absolute atomic E-state index is 0. The van der Waals surface area contributed by atoms with Crippen molar-refractivity contribution in [1.29, 1.82) is 0 Å². The maximum Gasteiger partial charge on any atom is 0.361 e. The zero-order chi connectivity index (χ0) is 57.1. The van der Waals surface area contributed by atoms with Gasteiger partial charge in [0.2, 0.25) is 0 Å². The number of ether oxygens (including phenoxy) is 3. The third-order valence-corrected chi connectivity index (χ3v) is 13.0. The van der Waals surface area contributed by atoms with Crippen LogP contribution in [0.15, 0.2) is 0 Å². The summed E-state index contributed by atoms with van der Waals surface area (Å²) in [6.45, 7) is 26.1. The molecule has 3 saturated heterocycles. The lowest BCUT2D eigenvalue weighted by Crippen LogP contribution is -3.00. The van der Waals surface area contributed by atoms with Crippen molar-refractivity contribution in [2.75, 3.05) is 201 Å².